The van der Waals surface area contributed by atoms with E-state index >= 15 is 0 Å². The monoisotopic (exact) mass is 299 g/mol. The second kappa shape index (κ2) is 5.78. The molecule has 0 bridgehead atoms. The molecule has 17 heavy (non-hydrogen) atoms. The fourth-order valence-electron chi connectivity index (χ4n) is 2.04. The minimum atomic E-state index is 0.297. The summed E-state index contributed by atoms with van der Waals surface area (Å²) >= 11 is 3.53. The second-order valence-electron chi connectivity index (χ2n) is 4.19. The summed E-state index contributed by atoms with van der Waals surface area (Å²) in [6, 6.07) is 0. The van der Waals surface area contributed by atoms with Gasteiger partial charge in [-0.3, -0.25) is 0 Å². The highest BCUT2D eigenvalue weighted by molar-refractivity contribution is 9.10. The molecule has 1 N–H and O–H groups in total. The number of hydrogen-bond acceptors (Lipinski definition) is 4. The van der Waals surface area contributed by atoms with Gasteiger partial charge in [-0.15, -0.1) is 0 Å². The van der Waals surface area contributed by atoms with E-state index in [1.54, 1.807) is 0 Å². The lowest BCUT2D eigenvalue weighted by Gasteiger charge is -2.12. The van der Waals surface area contributed by atoms with E-state index in [0.29, 0.717) is 6.10 Å². The summed E-state index contributed by atoms with van der Waals surface area (Å²) in [5.41, 5.74) is 1.05. The molecule has 1 aliphatic rings. The quantitative estimate of drug-likeness (QED) is 0.928. The molecule has 0 spiro atoms. The van der Waals surface area contributed by atoms with Gasteiger partial charge in [0.05, 0.1) is 16.3 Å². The average molecular weight is 300 g/mol. The smallest absolute Gasteiger partial charge is 0.144 e. The summed E-state index contributed by atoms with van der Waals surface area (Å²) in [4.78, 5) is 9.10. The molecule has 0 aromatic carbocycles. The van der Waals surface area contributed by atoms with E-state index in [1.165, 1.54) is 0 Å². The molecule has 2 rings (SSSR count). The van der Waals surface area contributed by atoms with Crippen LogP contribution in [0.1, 0.15) is 31.3 Å². The fraction of sp³-hybridized carbons (Fsp3) is 0.667. The maximum Gasteiger partial charge on any atom is 0.144 e. The minimum absolute atomic E-state index is 0.297. The third kappa shape index (κ3) is 2.96. The number of aryl methyl sites for hydroxylation is 1. The van der Waals surface area contributed by atoms with E-state index in [1.807, 2.05) is 7.05 Å². The van der Waals surface area contributed by atoms with Crippen LogP contribution < -0.4 is 5.32 Å². The minimum Gasteiger partial charge on any atom is -0.378 e. The molecule has 0 amide bonds. The first-order valence-corrected chi connectivity index (χ1v) is 6.88. The van der Waals surface area contributed by atoms with Crippen molar-refractivity contribution in [2.24, 2.45) is 0 Å². The molecule has 0 radical (unpaired) electrons. The Morgan fingerprint density at radius 1 is 1.47 bits per heavy atom. The van der Waals surface area contributed by atoms with Crippen LogP contribution in [0.25, 0.3) is 0 Å². The van der Waals surface area contributed by atoms with Gasteiger partial charge in [0.25, 0.3) is 0 Å². The summed E-state index contributed by atoms with van der Waals surface area (Å²) in [6.07, 6.45) is 4.28. The van der Waals surface area contributed by atoms with Crippen molar-refractivity contribution in [1.29, 1.82) is 0 Å². The van der Waals surface area contributed by atoms with Gasteiger partial charge in [0.1, 0.15) is 11.6 Å². The first kappa shape index (κ1) is 12.8. The third-order valence-corrected chi connectivity index (χ3v) is 3.81. The maximum atomic E-state index is 5.62. The highest BCUT2D eigenvalue weighted by atomic mass is 79.9. The maximum absolute atomic E-state index is 5.62. The molecule has 5 heteroatoms. The molecule has 4 nitrogen and oxygen atoms in total. The van der Waals surface area contributed by atoms with Gasteiger partial charge >= 0.3 is 0 Å². The van der Waals surface area contributed by atoms with E-state index < -0.39 is 0 Å². The molecule has 1 atom stereocenters. The Morgan fingerprint density at radius 3 is 2.88 bits per heavy atom. The number of nitrogens with zero attached hydrogens (tertiary/aromatic N) is 2. The number of aromatic nitrogens is 2. The topological polar surface area (TPSA) is 47.0 Å². The van der Waals surface area contributed by atoms with Crippen molar-refractivity contribution >= 4 is 21.7 Å². The number of anilines is 1. The van der Waals surface area contributed by atoms with Crippen LogP contribution in [0.5, 0.6) is 0 Å². The Morgan fingerprint density at radius 2 is 2.29 bits per heavy atom. The van der Waals surface area contributed by atoms with E-state index in [9.17, 15) is 0 Å². The van der Waals surface area contributed by atoms with Crippen molar-refractivity contribution in [3.63, 3.8) is 0 Å². The van der Waals surface area contributed by atoms with Crippen LogP contribution in [0.4, 0.5) is 5.82 Å². The SMILES string of the molecule is CCc1nc(CC2CCCO2)nc(NC)c1Br. The Kier molecular flexibility index (Phi) is 4.34. The average Bonchev–Trinajstić information content (AvgIpc) is 2.84. The Labute approximate surface area is 110 Å². The van der Waals surface area contributed by atoms with Crippen LogP contribution in [-0.2, 0) is 17.6 Å². The van der Waals surface area contributed by atoms with Crippen LogP contribution >= 0.6 is 15.9 Å². The highest BCUT2D eigenvalue weighted by Crippen LogP contribution is 2.25. The standard InChI is InChI=1S/C12H18BrN3O/c1-3-9-11(13)12(14-2)16-10(15-9)7-8-5-4-6-17-8/h8H,3-7H2,1-2H3,(H,14,15,16). The normalized spacial score (nSPS) is 19.6. The molecule has 1 aromatic heterocycles. The molecule has 1 unspecified atom stereocenters. The van der Waals surface area contributed by atoms with Crippen LogP contribution in [0.15, 0.2) is 4.47 Å². The number of ether oxygens (including phenoxy) is 1. The fourth-order valence-corrected chi connectivity index (χ4v) is 2.70. The van der Waals surface area contributed by atoms with Crippen LogP contribution in [0.2, 0.25) is 0 Å². The molecule has 0 saturated carbocycles. The highest BCUT2D eigenvalue weighted by Gasteiger charge is 2.19. The van der Waals surface area contributed by atoms with Crippen LogP contribution in [0, 0.1) is 0 Å². The lowest BCUT2D eigenvalue weighted by atomic mass is 10.1. The molecular weight excluding hydrogens is 282 g/mol. The van der Waals surface area contributed by atoms with Gasteiger partial charge in [0.2, 0.25) is 0 Å². The van der Waals surface area contributed by atoms with Gasteiger partial charge in [-0.1, -0.05) is 6.92 Å². The molecule has 94 valence electrons. The lowest BCUT2D eigenvalue weighted by Crippen LogP contribution is -2.14. The van der Waals surface area contributed by atoms with E-state index in [4.69, 9.17) is 4.74 Å². The van der Waals surface area contributed by atoms with Crippen molar-refractivity contribution in [1.82, 2.24) is 9.97 Å². The summed E-state index contributed by atoms with van der Waals surface area (Å²) in [5, 5.41) is 3.10. The van der Waals surface area contributed by atoms with Gasteiger partial charge in [0.15, 0.2) is 0 Å². The first-order chi connectivity index (χ1) is 8.24. The van der Waals surface area contributed by atoms with Crippen molar-refractivity contribution in [2.45, 2.75) is 38.7 Å². The molecular formula is C12H18BrN3O. The van der Waals surface area contributed by atoms with Gasteiger partial charge in [0, 0.05) is 20.1 Å². The van der Waals surface area contributed by atoms with Gasteiger partial charge in [-0.05, 0) is 35.2 Å². The number of rotatable bonds is 4. The molecule has 1 fully saturated rings. The van der Waals surface area contributed by atoms with Gasteiger partial charge < -0.3 is 10.1 Å². The Balaban J connectivity index is 2.21. The zero-order valence-corrected chi connectivity index (χ0v) is 11.9. The lowest BCUT2D eigenvalue weighted by molar-refractivity contribution is 0.110. The van der Waals surface area contributed by atoms with Crippen LogP contribution in [0.3, 0.4) is 0 Å². The van der Waals surface area contributed by atoms with Crippen molar-refractivity contribution in [3.05, 3.63) is 16.0 Å². The summed E-state index contributed by atoms with van der Waals surface area (Å²) in [5.74, 6) is 1.74. The Hall–Kier alpha value is -0.680. The van der Waals surface area contributed by atoms with Crippen molar-refractivity contribution in [2.75, 3.05) is 19.0 Å². The number of hydrogen-bond donors (Lipinski definition) is 1. The van der Waals surface area contributed by atoms with E-state index in [-0.39, 0.29) is 0 Å². The van der Waals surface area contributed by atoms with Crippen molar-refractivity contribution in [3.8, 4) is 0 Å². The van der Waals surface area contributed by atoms with E-state index in [2.05, 4.69) is 38.1 Å². The van der Waals surface area contributed by atoms with E-state index in [0.717, 1.165) is 54.1 Å². The predicted octanol–water partition coefficient (Wildman–Crippen LogP) is 2.56. The molecule has 1 aromatic rings. The largest absolute Gasteiger partial charge is 0.378 e. The van der Waals surface area contributed by atoms with Gasteiger partial charge in [-0.2, -0.15) is 0 Å². The zero-order valence-electron chi connectivity index (χ0n) is 10.3. The predicted molar refractivity (Wildman–Crippen MR) is 71.3 cm³/mol. The molecule has 1 aliphatic heterocycles. The summed E-state index contributed by atoms with van der Waals surface area (Å²) in [7, 11) is 1.88. The van der Waals surface area contributed by atoms with Crippen LogP contribution in [-0.4, -0.2) is 29.7 Å². The van der Waals surface area contributed by atoms with Crippen molar-refractivity contribution < 1.29 is 4.74 Å². The molecule has 1 saturated heterocycles. The number of nitrogens with one attached hydrogen (secondary N) is 1. The second-order valence-corrected chi connectivity index (χ2v) is 4.98. The summed E-state index contributed by atoms with van der Waals surface area (Å²) < 4.78 is 6.59. The summed E-state index contributed by atoms with van der Waals surface area (Å²) in [6.45, 7) is 2.98. The third-order valence-electron chi connectivity index (χ3n) is 2.97. The molecule has 0 aliphatic carbocycles. The zero-order chi connectivity index (χ0) is 12.3. The molecule has 2 heterocycles. The number of halogens is 1. The first-order valence-electron chi connectivity index (χ1n) is 6.09. The van der Waals surface area contributed by atoms with Gasteiger partial charge in [-0.25, -0.2) is 9.97 Å². The Bertz CT molecular complexity index is 366.